The van der Waals surface area contributed by atoms with Gasteiger partial charge in [-0.25, -0.2) is 0 Å². The third-order valence-electron chi connectivity index (χ3n) is 10.5. The molecule has 1 aliphatic rings. The molecule has 10 heteroatoms. The quantitative estimate of drug-likeness (QED) is 0.0263. The fourth-order valence-electron chi connectivity index (χ4n) is 6.83. The summed E-state index contributed by atoms with van der Waals surface area (Å²) in [5, 5.41) is 64.6. The molecule has 1 amide bonds. The number of amides is 1. The van der Waals surface area contributed by atoms with Crippen molar-refractivity contribution in [2.75, 3.05) is 13.2 Å². The molecule has 0 aromatic heterocycles. The molecule has 312 valence electrons. The first kappa shape index (κ1) is 49.6. The average Bonchev–Trinajstić information content (AvgIpc) is 3.15. The minimum Gasteiger partial charge on any atom is -0.394 e. The van der Waals surface area contributed by atoms with Gasteiger partial charge in [-0.3, -0.25) is 4.79 Å². The lowest BCUT2D eigenvalue weighted by molar-refractivity contribution is -0.302. The third-order valence-corrected chi connectivity index (χ3v) is 10.5. The van der Waals surface area contributed by atoms with E-state index in [2.05, 4.69) is 32.2 Å². The van der Waals surface area contributed by atoms with Crippen molar-refractivity contribution in [3.05, 3.63) is 23.8 Å². The number of nitrogens with one attached hydrogen (secondary N) is 1. The van der Waals surface area contributed by atoms with E-state index in [-0.39, 0.29) is 6.61 Å². The van der Waals surface area contributed by atoms with Crippen LogP contribution >= 0.6 is 0 Å². The maximum Gasteiger partial charge on any atom is 0.249 e. The Bertz CT molecular complexity index is 929. The van der Waals surface area contributed by atoms with Crippen LogP contribution in [0.5, 0.6) is 0 Å². The smallest absolute Gasteiger partial charge is 0.249 e. The Morgan fingerprint density at radius 2 is 1.23 bits per heavy atom. The maximum absolute atomic E-state index is 13.0. The molecule has 53 heavy (non-hydrogen) atoms. The van der Waals surface area contributed by atoms with Crippen molar-refractivity contribution in [3.63, 3.8) is 0 Å². The van der Waals surface area contributed by atoms with Crippen LogP contribution in [-0.2, 0) is 14.3 Å². The minimum atomic E-state index is -1.61. The van der Waals surface area contributed by atoms with E-state index in [1.54, 1.807) is 6.08 Å². The first-order valence-corrected chi connectivity index (χ1v) is 21.6. The third kappa shape index (κ3) is 24.0. The molecular weight excluding hydrogens is 674 g/mol. The van der Waals surface area contributed by atoms with E-state index in [1.165, 1.54) is 115 Å². The Labute approximate surface area is 322 Å². The van der Waals surface area contributed by atoms with Crippen molar-refractivity contribution in [2.45, 2.75) is 230 Å². The summed E-state index contributed by atoms with van der Waals surface area (Å²) in [6.45, 7) is 5.72. The lowest BCUT2D eigenvalue weighted by Gasteiger charge is -2.40. The summed E-state index contributed by atoms with van der Waals surface area (Å²) >= 11 is 0. The SMILES string of the molecule is CCCCCCCCCCCCCCCCC(O)C(=O)NC(COC1OC(CO)C(O)C(O)C1O)C(O)C=CCCC=C(C)CCCCCCCCC. The number of unbranched alkanes of at least 4 members (excludes halogenated alkanes) is 20. The largest absolute Gasteiger partial charge is 0.394 e. The molecule has 1 aliphatic heterocycles. The van der Waals surface area contributed by atoms with Gasteiger partial charge in [0.05, 0.1) is 25.4 Å². The highest BCUT2D eigenvalue weighted by Gasteiger charge is 2.44. The number of ether oxygens (including phenoxy) is 2. The van der Waals surface area contributed by atoms with Crippen LogP contribution < -0.4 is 5.32 Å². The Morgan fingerprint density at radius 1 is 0.717 bits per heavy atom. The van der Waals surface area contributed by atoms with Gasteiger partial charge < -0.3 is 45.4 Å². The van der Waals surface area contributed by atoms with Crippen LogP contribution in [0.2, 0.25) is 0 Å². The summed E-state index contributed by atoms with van der Waals surface area (Å²) in [6.07, 6.45) is 24.9. The van der Waals surface area contributed by atoms with Crippen molar-refractivity contribution in [1.29, 1.82) is 0 Å². The summed E-state index contributed by atoms with van der Waals surface area (Å²) in [6, 6.07) is -0.994. The fourth-order valence-corrected chi connectivity index (χ4v) is 6.83. The van der Waals surface area contributed by atoms with Gasteiger partial charge in [0.2, 0.25) is 5.91 Å². The summed E-state index contributed by atoms with van der Waals surface area (Å²) in [5.74, 6) is -0.626. The monoisotopic (exact) mass is 756 g/mol. The second kappa shape index (κ2) is 32.8. The number of carbonyl (C=O) groups excluding carboxylic acids is 1. The van der Waals surface area contributed by atoms with Crippen LogP contribution in [0.1, 0.15) is 181 Å². The van der Waals surface area contributed by atoms with Crippen molar-refractivity contribution in [2.24, 2.45) is 0 Å². The molecule has 1 heterocycles. The standard InChI is InChI=1S/C43H81NO9/c1-4-6-8-10-12-13-14-15-16-17-18-20-22-26-31-37(47)42(51)44-35(33-52-43-41(50)40(49)39(48)38(32-45)53-43)36(46)30-27-23-25-29-34(3)28-24-21-19-11-9-7-5-2/h27,29-30,35-41,43,45-50H,4-26,28,31-33H2,1-3H3,(H,44,51). The molecule has 1 rings (SSSR count). The number of rotatable bonds is 34. The zero-order valence-electron chi connectivity index (χ0n) is 33.9. The lowest BCUT2D eigenvalue weighted by Crippen LogP contribution is -2.60. The lowest BCUT2D eigenvalue weighted by atomic mass is 9.99. The molecular formula is C43H81NO9. The van der Waals surface area contributed by atoms with Crippen LogP contribution in [0.25, 0.3) is 0 Å². The van der Waals surface area contributed by atoms with Gasteiger partial charge in [-0.1, -0.05) is 166 Å². The van der Waals surface area contributed by atoms with Gasteiger partial charge in [0.1, 0.15) is 30.5 Å². The van der Waals surface area contributed by atoms with Crippen LogP contribution in [0.15, 0.2) is 23.8 Å². The van der Waals surface area contributed by atoms with Crippen LogP contribution in [0, 0.1) is 0 Å². The zero-order valence-corrected chi connectivity index (χ0v) is 33.9. The molecule has 0 aliphatic carbocycles. The molecule has 0 spiro atoms. The molecule has 1 saturated heterocycles. The molecule has 10 nitrogen and oxygen atoms in total. The first-order chi connectivity index (χ1) is 25.7. The summed E-state index contributed by atoms with van der Waals surface area (Å²) < 4.78 is 11.1. The van der Waals surface area contributed by atoms with Crippen molar-refractivity contribution < 1.29 is 44.9 Å². The minimum absolute atomic E-state index is 0.306. The second-order valence-corrected chi connectivity index (χ2v) is 15.5. The van der Waals surface area contributed by atoms with Gasteiger partial charge in [0.25, 0.3) is 0 Å². The van der Waals surface area contributed by atoms with Crippen molar-refractivity contribution >= 4 is 5.91 Å². The predicted molar refractivity (Wildman–Crippen MR) is 213 cm³/mol. The first-order valence-electron chi connectivity index (χ1n) is 21.6. The highest BCUT2D eigenvalue weighted by molar-refractivity contribution is 5.80. The summed E-state index contributed by atoms with van der Waals surface area (Å²) in [4.78, 5) is 13.0. The van der Waals surface area contributed by atoms with E-state index >= 15 is 0 Å². The van der Waals surface area contributed by atoms with Gasteiger partial charge in [-0.15, -0.1) is 0 Å². The molecule has 0 radical (unpaired) electrons. The topological polar surface area (TPSA) is 169 Å². The fraction of sp³-hybridized carbons (Fsp3) is 0.884. The molecule has 0 aromatic rings. The number of hydrogen-bond acceptors (Lipinski definition) is 9. The number of hydrogen-bond donors (Lipinski definition) is 7. The molecule has 1 fully saturated rings. The Hall–Kier alpha value is -1.37. The number of aliphatic hydroxyl groups is 6. The van der Waals surface area contributed by atoms with E-state index in [9.17, 15) is 35.4 Å². The van der Waals surface area contributed by atoms with Crippen LogP contribution in [-0.4, -0.2) is 98.7 Å². The second-order valence-electron chi connectivity index (χ2n) is 15.5. The Morgan fingerprint density at radius 3 is 1.75 bits per heavy atom. The molecule has 7 N–H and O–H groups in total. The number of carbonyl (C=O) groups is 1. The molecule has 8 unspecified atom stereocenters. The number of allylic oxidation sites excluding steroid dienone is 3. The maximum atomic E-state index is 13.0. The van der Waals surface area contributed by atoms with E-state index in [0.717, 1.165) is 32.1 Å². The number of aliphatic hydroxyl groups excluding tert-OH is 6. The Kier molecular flexibility index (Phi) is 30.8. The highest BCUT2D eigenvalue weighted by atomic mass is 16.7. The average molecular weight is 756 g/mol. The van der Waals surface area contributed by atoms with Gasteiger partial charge in [-0.2, -0.15) is 0 Å². The summed E-state index contributed by atoms with van der Waals surface area (Å²) in [5.41, 5.74) is 1.36. The van der Waals surface area contributed by atoms with Crippen molar-refractivity contribution in [1.82, 2.24) is 5.32 Å². The zero-order chi connectivity index (χ0) is 39.1. The Balaban J connectivity index is 2.54. The van der Waals surface area contributed by atoms with Gasteiger partial charge >= 0.3 is 0 Å². The van der Waals surface area contributed by atoms with E-state index in [4.69, 9.17) is 9.47 Å². The normalized spacial score (nSPS) is 22.7. The predicted octanol–water partition coefficient (Wildman–Crippen LogP) is 7.30. The van der Waals surface area contributed by atoms with Crippen LogP contribution in [0.4, 0.5) is 0 Å². The molecule has 0 bridgehead atoms. The van der Waals surface area contributed by atoms with Crippen LogP contribution in [0.3, 0.4) is 0 Å². The molecule has 0 saturated carbocycles. The molecule has 0 aromatic carbocycles. The van der Waals surface area contributed by atoms with E-state index < -0.39 is 61.5 Å². The van der Waals surface area contributed by atoms with Gasteiger partial charge in [0, 0.05) is 0 Å². The highest BCUT2D eigenvalue weighted by Crippen LogP contribution is 2.23. The van der Waals surface area contributed by atoms with Crippen molar-refractivity contribution in [3.8, 4) is 0 Å². The van der Waals surface area contributed by atoms with E-state index in [1.807, 2.05) is 6.08 Å². The van der Waals surface area contributed by atoms with Gasteiger partial charge in [-0.05, 0) is 39.0 Å². The molecule has 8 atom stereocenters. The summed E-state index contributed by atoms with van der Waals surface area (Å²) in [7, 11) is 0. The van der Waals surface area contributed by atoms with Gasteiger partial charge in [0.15, 0.2) is 6.29 Å². The van der Waals surface area contributed by atoms with E-state index in [0.29, 0.717) is 19.3 Å².